The number of nitrogens with zero attached hydrogens (tertiary/aromatic N) is 1. The van der Waals surface area contributed by atoms with Gasteiger partial charge in [0.25, 0.3) is 0 Å². The molecule has 0 aliphatic heterocycles. The average Bonchev–Trinajstić information content (AvgIpc) is 3.33. The zero-order valence-electron chi connectivity index (χ0n) is 43.4. The molecule has 0 radical (unpaired) electrons. The Balaban J connectivity index is 5.10. The Morgan fingerprint density at radius 1 is 0.456 bits per heavy atom. The summed E-state index contributed by atoms with van der Waals surface area (Å²) >= 11 is 0. The van der Waals surface area contributed by atoms with Gasteiger partial charge in [0, 0.05) is 51.2 Å². The molecule has 394 valence electrons. The molecule has 0 aliphatic carbocycles. The molecular formula is C55H97NO12. The third-order valence-corrected chi connectivity index (χ3v) is 11.5. The van der Waals surface area contributed by atoms with Crippen molar-refractivity contribution >= 4 is 30.0 Å². The molecule has 0 saturated carbocycles. The molecule has 0 aromatic heterocycles. The van der Waals surface area contributed by atoms with Crippen LogP contribution < -0.4 is 0 Å². The highest BCUT2D eigenvalue weighted by molar-refractivity contribution is 5.70. The van der Waals surface area contributed by atoms with E-state index in [-0.39, 0.29) is 82.9 Å². The summed E-state index contributed by atoms with van der Waals surface area (Å²) in [6.07, 6.45) is 36.6. The van der Waals surface area contributed by atoms with E-state index in [0.717, 1.165) is 109 Å². The lowest BCUT2D eigenvalue weighted by Gasteiger charge is -2.19. The highest BCUT2D eigenvalue weighted by Crippen LogP contribution is 2.16. The Morgan fingerprint density at radius 2 is 0.882 bits per heavy atom. The van der Waals surface area contributed by atoms with Gasteiger partial charge in [0.1, 0.15) is 19.8 Å². The Kier molecular flexibility index (Phi) is 47.0. The Morgan fingerprint density at radius 3 is 1.38 bits per heavy atom. The van der Waals surface area contributed by atoms with Gasteiger partial charge in [-0.2, -0.15) is 0 Å². The number of aliphatic hydroxyl groups excluding tert-OH is 1. The molecule has 0 aliphatic rings. The van der Waals surface area contributed by atoms with Gasteiger partial charge in [0.05, 0.1) is 32.3 Å². The largest absolute Gasteiger partial charge is 0.508 e. The normalized spacial score (nSPS) is 12.1. The van der Waals surface area contributed by atoms with E-state index in [0.29, 0.717) is 58.2 Å². The monoisotopic (exact) mass is 964 g/mol. The zero-order chi connectivity index (χ0) is 50.0. The van der Waals surface area contributed by atoms with Gasteiger partial charge >= 0.3 is 30.0 Å². The van der Waals surface area contributed by atoms with E-state index in [1.54, 1.807) is 0 Å². The minimum absolute atomic E-state index is 0.0282. The minimum atomic E-state index is -0.875. The number of carbonyl (C=O) groups excluding carboxylic acids is 5. The molecule has 68 heavy (non-hydrogen) atoms. The molecule has 0 rings (SSSR count). The highest BCUT2D eigenvalue weighted by atomic mass is 16.7. The van der Waals surface area contributed by atoms with Crippen molar-refractivity contribution in [2.45, 2.75) is 207 Å². The van der Waals surface area contributed by atoms with E-state index in [2.05, 4.69) is 45.1 Å². The Labute approximate surface area is 412 Å². The first-order valence-corrected chi connectivity index (χ1v) is 26.8. The van der Waals surface area contributed by atoms with Crippen molar-refractivity contribution in [2.24, 2.45) is 11.8 Å². The molecule has 13 nitrogen and oxygen atoms in total. The molecule has 0 aromatic rings. The number of aliphatic hydroxyl groups is 1. The maximum atomic E-state index is 13.0. The lowest BCUT2D eigenvalue weighted by atomic mass is 10.0. The van der Waals surface area contributed by atoms with Crippen molar-refractivity contribution in [3.05, 3.63) is 36.5 Å². The molecule has 0 saturated heterocycles. The standard InChI is InChI=1S/C55H97NO12/c1-5-9-13-16-17-18-19-20-21-22-23-24-25-28-31-37-53(60)66-46-50(48-68-55(62)63-43-33-40-56(41-42-57)39-12-8-4)47-67-54(61)38-32-34-49(44-64-51(58)35-29-26-14-10-6-2)45-65-52(59)36-30-27-15-11-7-3/h8,12,17-18,20-21,49-50,57H,5-7,9-11,13-16,19,22-48H2,1-4H3/b12-8+,18-17-,21-20-. The number of hydrogen-bond acceptors (Lipinski definition) is 13. The van der Waals surface area contributed by atoms with Crippen LogP contribution in [0.15, 0.2) is 36.5 Å². The predicted molar refractivity (Wildman–Crippen MR) is 271 cm³/mol. The molecule has 1 N–H and O–H groups in total. The quantitative estimate of drug-likeness (QED) is 0.0265. The molecule has 0 bridgehead atoms. The van der Waals surface area contributed by atoms with E-state index >= 15 is 0 Å². The SMILES string of the molecule is C/C=C/CN(CCO)CCCOC(=O)OCC(COC(=O)CCCCCCC/C=C\C/C=C\CCCCC)COC(=O)CCCC(COC(=O)CCCCCCC)COC(=O)CCCCCCC. The average molecular weight is 964 g/mol. The fourth-order valence-electron chi connectivity index (χ4n) is 7.21. The lowest BCUT2D eigenvalue weighted by Crippen LogP contribution is -2.29. The number of ether oxygens (including phenoxy) is 6. The van der Waals surface area contributed by atoms with Crippen LogP contribution in [0.4, 0.5) is 4.79 Å². The van der Waals surface area contributed by atoms with Gasteiger partial charge in [-0.3, -0.25) is 24.1 Å². The van der Waals surface area contributed by atoms with E-state index in [4.69, 9.17) is 28.4 Å². The third kappa shape index (κ3) is 44.8. The predicted octanol–water partition coefficient (Wildman–Crippen LogP) is 12.5. The number of hydrogen-bond donors (Lipinski definition) is 1. The molecule has 0 amide bonds. The van der Waals surface area contributed by atoms with Gasteiger partial charge in [-0.15, -0.1) is 0 Å². The Bertz CT molecular complexity index is 1290. The van der Waals surface area contributed by atoms with Crippen LogP contribution in [0.25, 0.3) is 0 Å². The number of esters is 4. The third-order valence-electron chi connectivity index (χ3n) is 11.5. The summed E-state index contributed by atoms with van der Waals surface area (Å²) in [5, 5.41) is 9.34. The van der Waals surface area contributed by atoms with Gasteiger partial charge in [-0.05, 0) is 77.6 Å². The lowest BCUT2D eigenvalue weighted by molar-refractivity contribution is -0.152. The van der Waals surface area contributed by atoms with Crippen LogP contribution in [0, 0.1) is 11.8 Å². The molecular weight excluding hydrogens is 867 g/mol. The second-order valence-corrected chi connectivity index (χ2v) is 18.0. The summed E-state index contributed by atoms with van der Waals surface area (Å²) in [4.78, 5) is 65.2. The van der Waals surface area contributed by atoms with Crippen molar-refractivity contribution in [3.8, 4) is 0 Å². The molecule has 0 heterocycles. The van der Waals surface area contributed by atoms with Crippen LogP contribution in [-0.4, -0.2) is 106 Å². The van der Waals surface area contributed by atoms with Crippen molar-refractivity contribution in [2.75, 3.05) is 65.9 Å². The van der Waals surface area contributed by atoms with Gasteiger partial charge in [0.15, 0.2) is 0 Å². The molecule has 0 fully saturated rings. The molecule has 0 spiro atoms. The van der Waals surface area contributed by atoms with Crippen LogP contribution in [0.1, 0.15) is 207 Å². The second-order valence-electron chi connectivity index (χ2n) is 18.0. The smallest absolute Gasteiger partial charge is 0.465 e. The molecule has 13 heteroatoms. The van der Waals surface area contributed by atoms with E-state index in [1.165, 1.54) is 19.3 Å². The summed E-state index contributed by atoms with van der Waals surface area (Å²) in [6.45, 7) is 10.2. The molecule has 1 unspecified atom stereocenters. The van der Waals surface area contributed by atoms with E-state index < -0.39 is 18.0 Å². The summed E-state index contributed by atoms with van der Waals surface area (Å²) in [6, 6.07) is 0. The summed E-state index contributed by atoms with van der Waals surface area (Å²) in [7, 11) is 0. The maximum absolute atomic E-state index is 13.0. The number of rotatable bonds is 48. The molecule has 0 aromatic carbocycles. The number of allylic oxidation sites excluding steroid dienone is 5. The second kappa shape index (κ2) is 49.7. The summed E-state index contributed by atoms with van der Waals surface area (Å²) in [5.41, 5.74) is 0. The van der Waals surface area contributed by atoms with Crippen LogP contribution in [0.3, 0.4) is 0 Å². The van der Waals surface area contributed by atoms with Crippen LogP contribution in [-0.2, 0) is 47.6 Å². The van der Waals surface area contributed by atoms with Crippen molar-refractivity contribution in [1.82, 2.24) is 4.90 Å². The van der Waals surface area contributed by atoms with Crippen molar-refractivity contribution in [1.29, 1.82) is 0 Å². The van der Waals surface area contributed by atoms with Crippen molar-refractivity contribution < 1.29 is 57.5 Å². The summed E-state index contributed by atoms with van der Waals surface area (Å²) in [5.74, 6) is -2.28. The van der Waals surface area contributed by atoms with E-state index in [1.807, 2.05) is 24.0 Å². The fraction of sp³-hybridized carbons (Fsp3) is 0.800. The highest BCUT2D eigenvalue weighted by Gasteiger charge is 2.20. The number of carbonyl (C=O) groups is 5. The zero-order valence-corrected chi connectivity index (χ0v) is 43.4. The first kappa shape index (κ1) is 64.3. The van der Waals surface area contributed by atoms with E-state index in [9.17, 15) is 29.1 Å². The van der Waals surface area contributed by atoms with Crippen LogP contribution in [0.2, 0.25) is 0 Å². The maximum Gasteiger partial charge on any atom is 0.508 e. The minimum Gasteiger partial charge on any atom is -0.465 e. The fourth-order valence-corrected chi connectivity index (χ4v) is 7.21. The first-order valence-electron chi connectivity index (χ1n) is 26.8. The van der Waals surface area contributed by atoms with Gasteiger partial charge in [0.2, 0.25) is 0 Å². The number of unbranched alkanes of at least 4 members (excludes halogenated alkanes) is 16. The van der Waals surface area contributed by atoms with Gasteiger partial charge in [-0.25, -0.2) is 4.79 Å². The van der Waals surface area contributed by atoms with Gasteiger partial charge < -0.3 is 33.5 Å². The Hall–Kier alpha value is -3.71. The van der Waals surface area contributed by atoms with Crippen LogP contribution >= 0.6 is 0 Å². The topological polar surface area (TPSA) is 164 Å². The van der Waals surface area contributed by atoms with Crippen LogP contribution in [0.5, 0.6) is 0 Å². The van der Waals surface area contributed by atoms with Gasteiger partial charge in [-0.1, -0.05) is 141 Å². The summed E-state index contributed by atoms with van der Waals surface area (Å²) < 4.78 is 33.0. The molecule has 1 atom stereocenters. The van der Waals surface area contributed by atoms with Crippen molar-refractivity contribution in [3.63, 3.8) is 0 Å². The first-order chi connectivity index (χ1) is 33.2.